The van der Waals surface area contributed by atoms with Crippen LogP contribution in [0, 0.1) is 0 Å². The van der Waals surface area contributed by atoms with Gasteiger partial charge in [0.1, 0.15) is 17.2 Å². The van der Waals surface area contributed by atoms with Crippen LogP contribution in [0.1, 0.15) is 33.6 Å². The topological polar surface area (TPSA) is 118 Å². The molecule has 0 spiro atoms. The Balaban J connectivity index is 2.06. The van der Waals surface area contributed by atoms with Gasteiger partial charge in [-0.05, 0) is 31.9 Å². The number of pyridine rings is 1. The van der Waals surface area contributed by atoms with Gasteiger partial charge in [0, 0.05) is 31.4 Å². The third-order valence-electron chi connectivity index (χ3n) is 4.37. The molecule has 0 radical (unpaired) electrons. The van der Waals surface area contributed by atoms with Crippen LogP contribution in [0.4, 0.5) is 5.82 Å². The van der Waals surface area contributed by atoms with Crippen LogP contribution in [0.3, 0.4) is 0 Å². The van der Waals surface area contributed by atoms with E-state index in [2.05, 4.69) is 20.3 Å². The Morgan fingerprint density at radius 1 is 1.18 bits per heavy atom. The zero-order chi connectivity index (χ0) is 20.3. The molecule has 0 saturated carbocycles. The number of H-pyrrole nitrogens is 1. The molecular weight excluding hydrogens is 360 g/mol. The Hall–Kier alpha value is -2.94. The van der Waals surface area contributed by atoms with Crippen LogP contribution in [0.2, 0.25) is 0 Å². The number of aromatic amines is 1. The van der Waals surface area contributed by atoms with E-state index in [1.165, 1.54) is 4.57 Å². The number of aromatic nitrogens is 5. The minimum absolute atomic E-state index is 0.324. The number of nitrogens with zero attached hydrogens (tertiary/aromatic N) is 4. The van der Waals surface area contributed by atoms with Crippen LogP contribution in [-0.4, -0.2) is 41.8 Å². The fraction of sp³-hybridized carbons (Fsp3) is 0.474. The molecule has 1 atom stereocenters. The molecule has 3 heterocycles. The second-order valence-corrected chi connectivity index (χ2v) is 6.84. The summed E-state index contributed by atoms with van der Waals surface area (Å²) in [6.07, 6.45) is 2.61. The first kappa shape index (κ1) is 19.8. The lowest BCUT2D eigenvalue weighted by atomic mass is 10.2. The third-order valence-corrected chi connectivity index (χ3v) is 4.37. The molecule has 9 nitrogen and oxygen atoms in total. The Labute approximate surface area is 162 Å². The highest BCUT2D eigenvalue weighted by Crippen LogP contribution is 2.19. The van der Waals surface area contributed by atoms with E-state index in [4.69, 9.17) is 0 Å². The molecule has 3 aromatic rings. The molecule has 0 aliphatic heterocycles. The first-order valence-electron chi connectivity index (χ1n) is 9.58. The summed E-state index contributed by atoms with van der Waals surface area (Å²) >= 11 is 0. The number of imidazole rings is 1. The van der Waals surface area contributed by atoms with E-state index in [9.17, 15) is 14.7 Å². The Morgan fingerprint density at radius 3 is 2.50 bits per heavy atom. The SMILES string of the molecule is CCCn1c(=O)c2[nH]c(-c3ccc(NCC(C)O)nc3)nc2n(CCC)c1=O. The molecule has 0 aliphatic carbocycles. The van der Waals surface area contributed by atoms with E-state index in [0.717, 1.165) is 6.42 Å². The Morgan fingerprint density at radius 2 is 1.89 bits per heavy atom. The minimum Gasteiger partial charge on any atom is -0.392 e. The minimum atomic E-state index is -0.475. The van der Waals surface area contributed by atoms with Gasteiger partial charge in [-0.25, -0.2) is 14.8 Å². The molecule has 150 valence electrons. The zero-order valence-corrected chi connectivity index (χ0v) is 16.4. The van der Waals surface area contributed by atoms with Crippen molar-refractivity contribution in [3.8, 4) is 11.4 Å². The fourth-order valence-corrected chi connectivity index (χ4v) is 3.04. The van der Waals surface area contributed by atoms with Gasteiger partial charge < -0.3 is 15.4 Å². The summed E-state index contributed by atoms with van der Waals surface area (Å²) in [7, 11) is 0. The highest BCUT2D eigenvalue weighted by Gasteiger charge is 2.17. The van der Waals surface area contributed by atoms with E-state index in [1.807, 2.05) is 19.9 Å². The molecule has 3 rings (SSSR count). The number of aliphatic hydroxyl groups is 1. The van der Waals surface area contributed by atoms with Crippen molar-refractivity contribution < 1.29 is 5.11 Å². The standard InChI is InChI=1S/C19H26N6O3/c1-4-8-24-17-15(18(27)25(9-5-2)19(24)28)22-16(23-17)13-6-7-14(21-11-13)20-10-12(3)26/h6-7,11-12,26H,4-5,8-10H2,1-3H3,(H,20,21)(H,22,23). The van der Waals surface area contributed by atoms with Crippen molar-refractivity contribution in [1.82, 2.24) is 24.1 Å². The Kier molecular flexibility index (Phi) is 5.93. The lowest BCUT2D eigenvalue weighted by Crippen LogP contribution is -2.40. The lowest BCUT2D eigenvalue weighted by molar-refractivity contribution is 0.208. The van der Waals surface area contributed by atoms with Gasteiger partial charge in [0.25, 0.3) is 5.56 Å². The first-order valence-corrected chi connectivity index (χ1v) is 9.58. The maximum atomic E-state index is 12.8. The van der Waals surface area contributed by atoms with Gasteiger partial charge in [0.2, 0.25) is 0 Å². The summed E-state index contributed by atoms with van der Waals surface area (Å²) in [5.41, 5.74) is 0.727. The van der Waals surface area contributed by atoms with Crippen LogP contribution in [-0.2, 0) is 13.1 Å². The van der Waals surface area contributed by atoms with Crippen molar-refractivity contribution >= 4 is 17.0 Å². The summed E-state index contributed by atoms with van der Waals surface area (Å²) in [4.78, 5) is 37.4. The average molecular weight is 386 g/mol. The van der Waals surface area contributed by atoms with Gasteiger partial charge in [-0.3, -0.25) is 13.9 Å². The second-order valence-electron chi connectivity index (χ2n) is 6.84. The molecule has 3 N–H and O–H groups in total. The smallest absolute Gasteiger partial charge is 0.332 e. The molecular formula is C19H26N6O3. The molecule has 0 fully saturated rings. The first-order chi connectivity index (χ1) is 13.5. The van der Waals surface area contributed by atoms with Gasteiger partial charge in [-0.1, -0.05) is 13.8 Å². The molecule has 9 heteroatoms. The van der Waals surface area contributed by atoms with Gasteiger partial charge in [0.15, 0.2) is 5.65 Å². The number of fused-ring (bicyclic) bond motifs is 1. The van der Waals surface area contributed by atoms with E-state index < -0.39 is 6.10 Å². The number of hydrogen-bond donors (Lipinski definition) is 3. The highest BCUT2D eigenvalue weighted by molar-refractivity contribution is 5.75. The van der Waals surface area contributed by atoms with E-state index in [0.29, 0.717) is 54.4 Å². The quantitative estimate of drug-likeness (QED) is 0.541. The van der Waals surface area contributed by atoms with E-state index in [1.54, 1.807) is 23.8 Å². The number of aliphatic hydroxyl groups excluding tert-OH is 1. The van der Waals surface area contributed by atoms with Crippen LogP contribution < -0.4 is 16.6 Å². The Bertz CT molecular complexity index is 1060. The predicted molar refractivity (Wildman–Crippen MR) is 109 cm³/mol. The summed E-state index contributed by atoms with van der Waals surface area (Å²) in [6.45, 7) is 6.86. The van der Waals surface area contributed by atoms with Crippen molar-refractivity contribution in [1.29, 1.82) is 0 Å². The lowest BCUT2D eigenvalue weighted by Gasteiger charge is -2.09. The van der Waals surface area contributed by atoms with Crippen molar-refractivity contribution in [3.05, 3.63) is 39.2 Å². The molecule has 0 bridgehead atoms. The molecule has 28 heavy (non-hydrogen) atoms. The largest absolute Gasteiger partial charge is 0.392 e. The number of hydrogen-bond acceptors (Lipinski definition) is 6. The third kappa shape index (κ3) is 3.84. The number of rotatable bonds is 8. The monoisotopic (exact) mass is 386 g/mol. The molecule has 3 aromatic heterocycles. The maximum absolute atomic E-state index is 12.8. The van der Waals surface area contributed by atoms with Crippen LogP contribution in [0.5, 0.6) is 0 Å². The number of nitrogens with one attached hydrogen (secondary N) is 2. The summed E-state index contributed by atoms with van der Waals surface area (Å²) in [6, 6.07) is 3.60. The van der Waals surface area contributed by atoms with Crippen molar-refractivity contribution in [3.63, 3.8) is 0 Å². The number of aryl methyl sites for hydroxylation is 1. The molecule has 0 saturated heterocycles. The van der Waals surface area contributed by atoms with Crippen LogP contribution >= 0.6 is 0 Å². The van der Waals surface area contributed by atoms with Crippen molar-refractivity contribution in [2.75, 3.05) is 11.9 Å². The van der Waals surface area contributed by atoms with Crippen molar-refractivity contribution in [2.24, 2.45) is 0 Å². The summed E-state index contributed by atoms with van der Waals surface area (Å²) in [5, 5.41) is 12.4. The van der Waals surface area contributed by atoms with Gasteiger partial charge in [-0.15, -0.1) is 0 Å². The van der Waals surface area contributed by atoms with E-state index in [-0.39, 0.29) is 11.2 Å². The average Bonchev–Trinajstić information content (AvgIpc) is 3.13. The van der Waals surface area contributed by atoms with Gasteiger partial charge in [0.05, 0.1) is 6.10 Å². The number of anilines is 1. The summed E-state index contributed by atoms with van der Waals surface area (Å²) in [5.74, 6) is 1.12. The zero-order valence-electron chi connectivity index (χ0n) is 16.4. The van der Waals surface area contributed by atoms with E-state index >= 15 is 0 Å². The predicted octanol–water partition coefficient (Wildman–Crippen LogP) is 1.56. The highest BCUT2D eigenvalue weighted by atomic mass is 16.3. The van der Waals surface area contributed by atoms with Gasteiger partial charge in [-0.2, -0.15) is 0 Å². The van der Waals surface area contributed by atoms with Crippen LogP contribution in [0.15, 0.2) is 27.9 Å². The van der Waals surface area contributed by atoms with Gasteiger partial charge >= 0.3 is 5.69 Å². The maximum Gasteiger partial charge on any atom is 0.332 e. The molecule has 0 aliphatic rings. The summed E-state index contributed by atoms with van der Waals surface area (Å²) < 4.78 is 2.82. The molecule has 0 amide bonds. The fourth-order valence-electron chi connectivity index (χ4n) is 3.04. The second kappa shape index (κ2) is 8.39. The molecule has 0 aromatic carbocycles. The normalized spacial score (nSPS) is 12.4. The molecule has 1 unspecified atom stereocenters. The van der Waals surface area contributed by atoms with Crippen LogP contribution in [0.25, 0.3) is 22.6 Å². The van der Waals surface area contributed by atoms with Crippen molar-refractivity contribution in [2.45, 2.75) is 52.8 Å².